The van der Waals surface area contributed by atoms with Gasteiger partial charge < -0.3 is 10.2 Å². The van der Waals surface area contributed by atoms with E-state index in [0.717, 1.165) is 25.6 Å². The van der Waals surface area contributed by atoms with E-state index < -0.39 is 0 Å². The molecule has 0 amide bonds. The average molecular weight is 250 g/mol. The Morgan fingerprint density at radius 3 is 2.56 bits per heavy atom. The van der Waals surface area contributed by atoms with Gasteiger partial charge in [0.25, 0.3) is 0 Å². The third-order valence-electron chi connectivity index (χ3n) is 3.53. The lowest BCUT2D eigenvalue weighted by Crippen LogP contribution is -2.40. The zero-order chi connectivity index (χ0) is 13.0. The van der Waals surface area contributed by atoms with Crippen molar-refractivity contribution < 1.29 is 4.39 Å². The summed E-state index contributed by atoms with van der Waals surface area (Å²) in [6.07, 6.45) is 2.73. The molecule has 1 atom stereocenters. The average Bonchev–Trinajstić information content (AvgIpc) is 3.16. The summed E-state index contributed by atoms with van der Waals surface area (Å²) in [5, 5.41) is 3.57. The van der Waals surface area contributed by atoms with Crippen LogP contribution in [-0.4, -0.2) is 31.1 Å². The molecule has 1 aliphatic rings. The fraction of sp³-hybridized carbons (Fsp3) is 0.600. The first-order chi connectivity index (χ1) is 8.69. The number of likely N-dealkylation sites (N-methyl/N-ethyl adjacent to an activating group) is 2. The summed E-state index contributed by atoms with van der Waals surface area (Å²) >= 11 is 0. The van der Waals surface area contributed by atoms with Crippen LogP contribution in [-0.2, 0) is 6.54 Å². The Labute approximate surface area is 109 Å². The third-order valence-corrected chi connectivity index (χ3v) is 3.53. The van der Waals surface area contributed by atoms with Gasteiger partial charge in [0.15, 0.2) is 0 Å². The smallest absolute Gasteiger partial charge is 0.123 e. The summed E-state index contributed by atoms with van der Waals surface area (Å²) in [5.41, 5.74) is 1.17. The van der Waals surface area contributed by atoms with Crippen molar-refractivity contribution in [2.24, 2.45) is 5.92 Å². The lowest BCUT2D eigenvalue weighted by molar-refractivity contribution is 0.269. The van der Waals surface area contributed by atoms with Gasteiger partial charge in [0.1, 0.15) is 5.82 Å². The molecule has 0 saturated heterocycles. The molecule has 2 rings (SSSR count). The van der Waals surface area contributed by atoms with Crippen molar-refractivity contribution in [1.82, 2.24) is 10.2 Å². The van der Waals surface area contributed by atoms with Gasteiger partial charge in [-0.1, -0.05) is 19.1 Å². The quantitative estimate of drug-likeness (QED) is 0.800. The number of hydrogen-bond donors (Lipinski definition) is 1. The number of halogens is 1. The Hall–Kier alpha value is -0.930. The highest BCUT2D eigenvalue weighted by atomic mass is 19.1. The van der Waals surface area contributed by atoms with Gasteiger partial charge in [-0.05, 0) is 50.0 Å². The Bertz CT molecular complexity index is 359. The summed E-state index contributed by atoms with van der Waals surface area (Å²) in [4.78, 5) is 2.32. The molecule has 0 aliphatic heterocycles. The predicted octanol–water partition coefficient (Wildman–Crippen LogP) is 2.65. The fourth-order valence-corrected chi connectivity index (χ4v) is 2.44. The molecule has 1 aromatic rings. The maximum Gasteiger partial charge on any atom is 0.123 e. The largest absolute Gasteiger partial charge is 0.313 e. The van der Waals surface area contributed by atoms with Crippen molar-refractivity contribution in [3.8, 4) is 0 Å². The summed E-state index contributed by atoms with van der Waals surface area (Å²) < 4.78 is 12.8. The number of benzene rings is 1. The van der Waals surface area contributed by atoms with Gasteiger partial charge in [-0.2, -0.15) is 0 Å². The van der Waals surface area contributed by atoms with E-state index in [1.54, 1.807) is 0 Å². The van der Waals surface area contributed by atoms with Crippen LogP contribution in [0.4, 0.5) is 4.39 Å². The van der Waals surface area contributed by atoms with Gasteiger partial charge in [-0.3, -0.25) is 0 Å². The summed E-state index contributed by atoms with van der Waals surface area (Å²) in [5.74, 6) is 0.700. The molecule has 3 heteroatoms. The highest BCUT2D eigenvalue weighted by Crippen LogP contribution is 2.32. The second kappa shape index (κ2) is 6.30. The molecule has 1 aromatic carbocycles. The second-order valence-corrected chi connectivity index (χ2v) is 5.32. The normalized spacial score (nSPS) is 17.1. The molecule has 1 fully saturated rings. The van der Waals surface area contributed by atoms with E-state index in [1.165, 1.54) is 30.5 Å². The van der Waals surface area contributed by atoms with E-state index in [4.69, 9.17) is 0 Å². The van der Waals surface area contributed by atoms with Crippen molar-refractivity contribution in [3.05, 3.63) is 35.6 Å². The molecule has 1 aliphatic carbocycles. The molecule has 1 saturated carbocycles. The monoisotopic (exact) mass is 250 g/mol. The Morgan fingerprint density at radius 1 is 1.33 bits per heavy atom. The van der Waals surface area contributed by atoms with E-state index in [2.05, 4.69) is 24.2 Å². The Kier molecular flexibility index (Phi) is 4.72. The van der Waals surface area contributed by atoms with Crippen molar-refractivity contribution in [2.75, 3.05) is 20.1 Å². The molecule has 1 N–H and O–H groups in total. The maximum absolute atomic E-state index is 12.8. The van der Waals surface area contributed by atoms with Crippen molar-refractivity contribution >= 4 is 0 Å². The first kappa shape index (κ1) is 13.5. The Morgan fingerprint density at radius 2 is 2.00 bits per heavy atom. The van der Waals surface area contributed by atoms with Crippen LogP contribution in [0.2, 0.25) is 0 Å². The SMILES string of the molecule is CCNC(CN(C)Cc1ccc(F)cc1)C1CC1. The van der Waals surface area contributed by atoms with Crippen LogP contribution < -0.4 is 5.32 Å². The van der Waals surface area contributed by atoms with Crippen LogP contribution in [0.3, 0.4) is 0 Å². The first-order valence-electron chi connectivity index (χ1n) is 6.85. The maximum atomic E-state index is 12.8. The van der Waals surface area contributed by atoms with Crippen LogP contribution in [0.15, 0.2) is 24.3 Å². The van der Waals surface area contributed by atoms with Crippen LogP contribution in [0.1, 0.15) is 25.3 Å². The van der Waals surface area contributed by atoms with Gasteiger partial charge in [0.05, 0.1) is 0 Å². The fourth-order valence-electron chi connectivity index (χ4n) is 2.44. The number of nitrogens with one attached hydrogen (secondary N) is 1. The molecular formula is C15H23FN2. The first-order valence-corrected chi connectivity index (χ1v) is 6.85. The summed E-state index contributed by atoms with van der Waals surface area (Å²) in [7, 11) is 2.13. The molecule has 100 valence electrons. The molecule has 0 aromatic heterocycles. The van der Waals surface area contributed by atoms with Crippen molar-refractivity contribution in [1.29, 1.82) is 0 Å². The van der Waals surface area contributed by atoms with Gasteiger partial charge in [-0.15, -0.1) is 0 Å². The van der Waals surface area contributed by atoms with Gasteiger partial charge in [-0.25, -0.2) is 4.39 Å². The molecule has 0 heterocycles. The van der Waals surface area contributed by atoms with Crippen LogP contribution in [0.5, 0.6) is 0 Å². The highest BCUT2D eigenvalue weighted by molar-refractivity contribution is 5.15. The number of hydrogen-bond acceptors (Lipinski definition) is 2. The van der Waals surface area contributed by atoms with Crippen LogP contribution in [0.25, 0.3) is 0 Å². The minimum absolute atomic E-state index is 0.162. The van der Waals surface area contributed by atoms with Crippen LogP contribution >= 0.6 is 0 Å². The van der Waals surface area contributed by atoms with E-state index in [0.29, 0.717) is 6.04 Å². The van der Waals surface area contributed by atoms with E-state index >= 15 is 0 Å². The summed E-state index contributed by atoms with van der Waals surface area (Å²) in [6.45, 7) is 5.14. The van der Waals surface area contributed by atoms with Gasteiger partial charge in [0.2, 0.25) is 0 Å². The van der Waals surface area contributed by atoms with Gasteiger partial charge >= 0.3 is 0 Å². The minimum atomic E-state index is -0.162. The topological polar surface area (TPSA) is 15.3 Å². The van der Waals surface area contributed by atoms with E-state index in [-0.39, 0.29) is 5.82 Å². The molecule has 0 radical (unpaired) electrons. The lowest BCUT2D eigenvalue weighted by Gasteiger charge is -2.24. The zero-order valence-corrected chi connectivity index (χ0v) is 11.3. The number of nitrogens with zero attached hydrogens (tertiary/aromatic N) is 1. The van der Waals surface area contributed by atoms with E-state index in [1.807, 2.05) is 12.1 Å². The number of rotatable bonds is 7. The third kappa shape index (κ3) is 4.07. The Balaban J connectivity index is 1.83. The van der Waals surface area contributed by atoms with Crippen molar-refractivity contribution in [2.45, 2.75) is 32.4 Å². The second-order valence-electron chi connectivity index (χ2n) is 5.32. The zero-order valence-electron chi connectivity index (χ0n) is 11.3. The van der Waals surface area contributed by atoms with Crippen molar-refractivity contribution in [3.63, 3.8) is 0 Å². The molecule has 0 bridgehead atoms. The predicted molar refractivity (Wildman–Crippen MR) is 72.9 cm³/mol. The summed E-state index contributed by atoms with van der Waals surface area (Å²) in [6, 6.07) is 7.41. The van der Waals surface area contributed by atoms with E-state index in [9.17, 15) is 4.39 Å². The molecule has 18 heavy (non-hydrogen) atoms. The van der Waals surface area contributed by atoms with Crippen LogP contribution in [0, 0.1) is 11.7 Å². The molecule has 2 nitrogen and oxygen atoms in total. The highest BCUT2D eigenvalue weighted by Gasteiger charge is 2.31. The molecular weight excluding hydrogens is 227 g/mol. The lowest BCUT2D eigenvalue weighted by atomic mass is 10.1. The molecule has 1 unspecified atom stereocenters. The van der Waals surface area contributed by atoms with Gasteiger partial charge in [0, 0.05) is 19.1 Å². The minimum Gasteiger partial charge on any atom is -0.313 e. The standard InChI is InChI=1S/C15H23FN2/c1-3-17-15(13-6-7-13)11-18(2)10-12-4-8-14(16)9-5-12/h4-5,8-9,13,15,17H,3,6-7,10-11H2,1-2H3. The molecule has 0 spiro atoms.